The lowest BCUT2D eigenvalue weighted by Gasteiger charge is -2.13. The third-order valence-corrected chi connectivity index (χ3v) is 3.91. The second kappa shape index (κ2) is 5.94. The van der Waals surface area contributed by atoms with Crippen molar-refractivity contribution < 1.29 is 23.1 Å². The number of hydrogen-bond donors (Lipinski definition) is 2. The van der Waals surface area contributed by atoms with Crippen LogP contribution in [-0.2, 0) is 19.6 Å². The van der Waals surface area contributed by atoms with E-state index in [0.29, 0.717) is 0 Å². The summed E-state index contributed by atoms with van der Waals surface area (Å²) >= 11 is 0. The first-order valence-corrected chi connectivity index (χ1v) is 7.02. The molecule has 0 saturated carbocycles. The number of carboxylic acid groups (broad SMARTS) is 1. The molecule has 7 heteroatoms. The lowest BCUT2D eigenvalue weighted by molar-refractivity contribution is -0.140. The fraction of sp³-hybridized carbons (Fsp3) is 0.333. The minimum atomic E-state index is -3.95. The van der Waals surface area contributed by atoms with Gasteiger partial charge in [-0.2, -0.15) is 4.72 Å². The van der Waals surface area contributed by atoms with Crippen molar-refractivity contribution in [2.75, 3.05) is 0 Å². The molecule has 1 aromatic carbocycles. The fourth-order valence-corrected chi connectivity index (χ4v) is 2.63. The first-order chi connectivity index (χ1) is 8.72. The number of nitrogens with one attached hydrogen (secondary N) is 1. The molecule has 19 heavy (non-hydrogen) atoms. The fourth-order valence-electron chi connectivity index (χ4n) is 1.44. The molecule has 0 aliphatic carbocycles. The molecule has 0 aromatic heterocycles. The number of carboxylic acids is 1. The van der Waals surface area contributed by atoms with Crippen molar-refractivity contribution in [1.82, 2.24) is 4.72 Å². The number of carbonyl (C=O) groups excluding carboxylic acids is 1. The molecule has 1 aromatic rings. The van der Waals surface area contributed by atoms with E-state index in [1.165, 1.54) is 19.1 Å². The maximum Gasteiger partial charge on any atom is 0.322 e. The summed E-state index contributed by atoms with van der Waals surface area (Å²) < 4.78 is 25.9. The maximum atomic E-state index is 12.0. The first kappa shape index (κ1) is 15.3. The molecule has 6 nitrogen and oxygen atoms in total. The van der Waals surface area contributed by atoms with Gasteiger partial charge in [-0.05, 0) is 26.0 Å². The monoisotopic (exact) mass is 285 g/mol. The van der Waals surface area contributed by atoms with Gasteiger partial charge in [-0.25, -0.2) is 8.42 Å². The second-order valence-electron chi connectivity index (χ2n) is 4.23. The van der Waals surface area contributed by atoms with Gasteiger partial charge in [0.25, 0.3) is 0 Å². The Morgan fingerprint density at radius 2 is 1.79 bits per heavy atom. The highest BCUT2D eigenvalue weighted by molar-refractivity contribution is 7.89. The number of aliphatic carboxylic acids is 1. The van der Waals surface area contributed by atoms with Crippen LogP contribution in [0.1, 0.15) is 18.9 Å². The van der Waals surface area contributed by atoms with Crippen molar-refractivity contribution in [3.63, 3.8) is 0 Å². The molecule has 1 rings (SSSR count). The van der Waals surface area contributed by atoms with Crippen LogP contribution >= 0.6 is 0 Å². The van der Waals surface area contributed by atoms with Gasteiger partial charge in [0.1, 0.15) is 11.8 Å². The van der Waals surface area contributed by atoms with E-state index in [4.69, 9.17) is 5.11 Å². The van der Waals surface area contributed by atoms with Gasteiger partial charge in [-0.1, -0.05) is 17.7 Å². The molecule has 0 radical (unpaired) electrons. The predicted octanol–water partition coefficient (Wildman–Crippen LogP) is 0.706. The molecule has 0 aliphatic rings. The largest absolute Gasteiger partial charge is 0.480 e. The quantitative estimate of drug-likeness (QED) is 0.801. The molecule has 2 N–H and O–H groups in total. The third kappa shape index (κ3) is 4.46. The minimum absolute atomic E-state index is 0.0343. The van der Waals surface area contributed by atoms with Gasteiger partial charge in [0.2, 0.25) is 10.0 Å². The second-order valence-corrected chi connectivity index (χ2v) is 5.95. The van der Waals surface area contributed by atoms with Crippen molar-refractivity contribution >= 4 is 21.8 Å². The van der Waals surface area contributed by atoms with Crippen LogP contribution in [0.5, 0.6) is 0 Å². The Labute approximate surface area is 111 Å². The van der Waals surface area contributed by atoms with Crippen molar-refractivity contribution in [2.45, 2.75) is 31.2 Å². The highest BCUT2D eigenvalue weighted by Crippen LogP contribution is 2.11. The van der Waals surface area contributed by atoms with Crippen LogP contribution in [0.15, 0.2) is 29.2 Å². The average molecular weight is 285 g/mol. The van der Waals surface area contributed by atoms with Crippen molar-refractivity contribution in [2.24, 2.45) is 0 Å². The zero-order valence-corrected chi connectivity index (χ0v) is 11.4. The number of Topliss-reactive ketones (excluding diaryl/α,β-unsaturated/α-hetero) is 1. The number of benzene rings is 1. The predicted molar refractivity (Wildman–Crippen MR) is 68.2 cm³/mol. The number of hydrogen-bond acceptors (Lipinski definition) is 4. The Morgan fingerprint density at radius 1 is 1.26 bits per heavy atom. The zero-order chi connectivity index (χ0) is 14.6. The van der Waals surface area contributed by atoms with Crippen LogP contribution in [0.2, 0.25) is 0 Å². The Balaban J connectivity index is 2.97. The van der Waals surface area contributed by atoms with Gasteiger partial charge >= 0.3 is 5.97 Å². The third-order valence-electron chi connectivity index (χ3n) is 2.42. The summed E-state index contributed by atoms with van der Waals surface area (Å²) in [6.07, 6.45) is -0.388. The molecule has 0 aliphatic heterocycles. The first-order valence-electron chi connectivity index (χ1n) is 5.53. The van der Waals surface area contributed by atoms with Crippen LogP contribution < -0.4 is 4.72 Å². The summed E-state index contributed by atoms with van der Waals surface area (Å²) in [7, 11) is -3.95. The van der Waals surface area contributed by atoms with E-state index in [2.05, 4.69) is 0 Å². The SMILES string of the molecule is CC(=O)CC(NS(=O)(=O)c1ccc(C)cc1)C(=O)O. The molecule has 0 amide bonds. The summed E-state index contributed by atoms with van der Waals surface area (Å²) in [6, 6.07) is 4.52. The summed E-state index contributed by atoms with van der Waals surface area (Å²) in [6.45, 7) is 3.01. The van der Waals surface area contributed by atoms with Gasteiger partial charge in [0.05, 0.1) is 4.90 Å². The van der Waals surface area contributed by atoms with Crippen LogP contribution in [0.3, 0.4) is 0 Å². The Hall–Kier alpha value is -1.73. The number of carbonyl (C=O) groups is 2. The summed E-state index contributed by atoms with van der Waals surface area (Å²) in [5.74, 6) is -1.79. The normalized spacial score (nSPS) is 12.9. The molecule has 0 fully saturated rings. The Bertz CT molecular complexity index is 577. The molecular weight excluding hydrogens is 270 g/mol. The molecular formula is C12H15NO5S. The van der Waals surface area contributed by atoms with Crippen molar-refractivity contribution in [1.29, 1.82) is 0 Å². The molecule has 0 heterocycles. The molecule has 0 bridgehead atoms. The van der Waals surface area contributed by atoms with E-state index >= 15 is 0 Å². The number of rotatable bonds is 6. The standard InChI is InChI=1S/C12H15NO5S/c1-8-3-5-10(6-4-8)19(17,18)13-11(12(15)16)7-9(2)14/h3-6,11,13H,7H2,1-2H3,(H,15,16). The van der Waals surface area contributed by atoms with Crippen LogP contribution in [0.4, 0.5) is 0 Å². The summed E-state index contributed by atoms with van der Waals surface area (Å²) in [5, 5.41) is 8.90. The van der Waals surface area contributed by atoms with E-state index in [0.717, 1.165) is 5.56 Å². The van der Waals surface area contributed by atoms with Gasteiger partial charge < -0.3 is 5.11 Å². The lowest BCUT2D eigenvalue weighted by Crippen LogP contribution is -2.41. The van der Waals surface area contributed by atoms with Crippen LogP contribution in [0.25, 0.3) is 0 Å². The maximum absolute atomic E-state index is 12.0. The summed E-state index contributed by atoms with van der Waals surface area (Å²) in [5.41, 5.74) is 0.887. The zero-order valence-electron chi connectivity index (χ0n) is 10.6. The van der Waals surface area contributed by atoms with Gasteiger partial charge in [-0.15, -0.1) is 0 Å². The van der Waals surface area contributed by atoms with Crippen molar-refractivity contribution in [3.8, 4) is 0 Å². The summed E-state index contributed by atoms with van der Waals surface area (Å²) in [4.78, 5) is 21.8. The highest BCUT2D eigenvalue weighted by Gasteiger charge is 2.26. The van der Waals surface area contributed by atoms with Gasteiger partial charge in [0.15, 0.2) is 0 Å². The van der Waals surface area contributed by atoms with Crippen molar-refractivity contribution in [3.05, 3.63) is 29.8 Å². The van der Waals surface area contributed by atoms with Crippen LogP contribution in [-0.4, -0.2) is 31.3 Å². The number of ketones is 1. The van der Waals surface area contributed by atoms with E-state index in [9.17, 15) is 18.0 Å². The van der Waals surface area contributed by atoms with E-state index in [1.54, 1.807) is 19.1 Å². The number of sulfonamides is 1. The van der Waals surface area contributed by atoms with E-state index < -0.39 is 27.8 Å². The van der Waals surface area contributed by atoms with Gasteiger partial charge in [0, 0.05) is 6.42 Å². The van der Waals surface area contributed by atoms with E-state index in [1.807, 2.05) is 4.72 Å². The average Bonchev–Trinajstić information content (AvgIpc) is 2.27. The smallest absolute Gasteiger partial charge is 0.322 e. The van der Waals surface area contributed by atoms with Crippen LogP contribution in [0, 0.1) is 6.92 Å². The molecule has 0 spiro atoms. The van der Waals surface area contributed by atoms with Gasteiger partial charge in [-0.3, -0.25) is 9.59 Å². The molecule has 104 valence electrons. The molecule has 1 atom stereocenters. The number of aryl methyl sites for hydroxylation is 1. The topological polar surface area (TPSA) is 101 Å². The van der Waals surface area contributed by atoms with E-state index in [-0.39, 0.29) is 11.3 Å². The minimum Gasteiger partial charge on any atom is -0.480 e. The Kier molecular flexibility index (Phi) is 4.79. The molecule has 1 unspecified atom stereocenters. The lowest BCUT2D eigenvalue weighted by atomic mass is 10.2. The highest BCUT2D eigenvalue weighted by atomic mass is 32.2. The Morgan fingerprint density at radius 3 is 2.21 bits per heavy atom. The molecule has 0 saturated heterocycles.